The summed E-state index contributed by atoms with van der Waals surface area (Å²) in [7, 11) is 4.12. The van der Waals surface area contributed by atoms with Crippen LogP contribution in [0.2, 0.25) is 0 Å². The van der Waals surface area contributed by atoms with Crippen molar-refractivity contribution in [2.45, 2.75) is 70.9 Å². The number of aromatic nitrogens is 2. The van der Waals surface area contributed by atoms with Crippen LogP contribution in [0.1, 0.15) is 65.9 Å². The number of H-pyrrole nitrogens is 1. The minimum Gasteiger partial charge on any atom is -0.490 e. The number of ether oxygens (including phenoxy) is 1. The first-order chi connectivity index (χ1) is 20.5. The van der Waals surface area contributed by atoms with Gasteiger partial charge in [-0.3, -0.25) is 13.6 Å². The Morgan fingerprint density at radius 1 is 1.16 bits per heavy atom. The average molecular weight is 599 g/mol. The van der Waals surface area contributed by atoms with Crippen LogP contribution in [0.3, 0.4) is 0 Å². The van der Waals surface area contributed by atoms with E-state index in [1.165, 1.54) is 5.56 Å². The molecule has 2 aromatic carbocycles. The molecule has 1 aliphatic rings. The Morgan fingerprint density at radius 3 is 2.51 bits per heavy atom. The molecule has 0 bridgehead atoms. The van der Waals surface area contributed by atoms with Crippen molar-refractivity contribution in [3.05, 3.63) is 99.6 Å². The van der Waals surface area contributed by atoms with E-state index in [1.54, 1.807) is 6.07 Å². The molecule has 8 heteroatoms. The third-order valence-corrected chi connectivity index (χ3v) is 9.19. The number of carbonyl (C=O) groups excluding carboxylic acids is 1. The predicted molar refractivity (Wildman–Crippen MR) is 178 cm³/mol. The third-order valence-electron chi connectivity index (χ3n) is 7.73. The van der Waals surface area contributed by atoms with Crippen LogP contribution >= 0.6 is 11.9 Å². The number of pyridine rings is 1. The molecule has 1 amide bonds. The van der Waals surface area contributed by atoms with Crippen LogP contribution in [-0.4, -0.2) is 44.7 Å². The van der Waals surface area contributed by atoms with E-state index in [-0.39, 0.29) is 28.9 Å². The lowest BCUT2D eigenvalue weighted by Crippen LogP contribution is -2.28. The second-order valence-electron chi connectivity index (χ2n) is 12.2. The highest BCUT2D eigenvalue weighted by atomic mass is 32.2. The van der Waals surface area contributed by atoms with E-state index in [0.717, 1.165) is 53.4 Å². The summed E-state index contributed by atoms with van der Waals surface area (Å²) in [6.07, 6.45) is 7.28. The number of allylic oxidation sites excluding steroid dienone is 1. The molecule has 0 atom stereocenters. The maximum absolute atomic E-state index is 14.0. The zero-order valence-corrected chi connectivity index (χ0v) is 26.9. The Bertz CT molecular complexity index is 1710. The second kappa shape index (κ2) is 12.5. The van der Waals surface area contributed by atoms with E-state index in [4.69, 9.17) is 4.74 Å². The standard InChI is InChI=1S/C35H42N4O3S/c1-8-13-35(14-15-35)43-39-20-23(4)32-28(17-27(18-30(32)39)26-11-9-25(10-12-26)21-38(6)7)33(40)36-19-29-31(42-22(2)3)16-24(5)37-34(29)41/h8-12,16-18,20,22H,1,13-15,19,21H2,2-7H3,(H,36,40)(H,37,41). The van der Waals surface area contributed by atoms with Crippen LogP contribution < -0.4 is 15.6 Å². The fourth-order valence-corrected chi connectivity index (χ4v) is 6.88. The van der Waals surface area contributed by atoms with E-state index in [0.29, 0.717) is 22.6 Å². The molecule has 0 radical (unpaired) electrons. The molecule has 2 aromatic heterocycles. The van der Waals surface area contributed by atoms with Gasteiger partial charge in [0.15, 0.2) is 0 Å². The number of fused-ring (bicyclic) bond motifs is 1. The first-order valence-electron chi connectivity index (χ1n) is 14.9. The molecule has 7 nitrogen and oxygen atoms in total. The van der Waals surface area contributed by atoms with Crippen LogP contribution in [0.4, 0.5) is 0 Å². The van der Waals surface area contributed by atoms with Gasteiger partial charge in [0, 0.05) is 34.1 Å². The fraction of sp³-hybridized carbons (Fsp3) is 0.371. The average Bonchev–Trinajstić information content (AvgIpc) is 3.62. The van der Waals surface area contributed by atoms with Crippen molar-refractivity contribution in [2.75, 3.05) is 14.1 Å². The summed E-state index contributed by atoms with van der Waals surface area (Å²) >= 11 is 1.83. The Hall–Kier alpha value is -3.75. The van der Waals surface area contributed by atoms with Crippen LogP contribution in [0.5, 0.6) is 5.75 Å². The molecular weight excluding hydrogens is 556 g/mol. The van der Waals surface area contributed by atoms with Crippen LogP contribution in [0.15, 0.2) is 66.1 Å². The zero-order valence-electron chi connectivity index (χ0n) is 26.0. The Labute approximate surface area is 258 Å². The topological polar surface area (TPSA) is 79.4 Å². The van der Waals surface area contributed by atoms with Gasteiger partial charge in [0.2, 0.25) is 0 Å². The van der Waals surface area contributed by atoms with Crippen molar-refractivity contribution in [1.82, 2.24) is 19.2 Å². The Balaban J connectivity index is 1.55. The van der Waals surface area contributed by atoms with E-state index in [2.05, 4.69) is 83.3 Å². The molecule has 5 rings (SSSR count). The highest BCUT2D eigenvalue weighted by molar-refractivity contribution is 7.99. The van der Waals surface area contributed by atoms with Crippen LogP contribution in [-0.2, 0) is 13.1 Å². The van der Waals surface area contributed by atoms with Crippen molar-refractivity contribution in [3.63, 3.8) is 0 Å². The largest absolute Gasteiger partial charge is 0.490 e. The van der Waals surface area contributed by atoms with Gasteiger partial charge in [-0.2, -0.15) is 0 Å². The van der Waals surface area contributed by atoms with E-state index in [1.807, 2.05) is 44.9 Å². The number of aryl methyl sites for hydroxylation is 2. The zero-order chi connectivity index (χ0) is 30.9. The fourth-order valence-electron chi connectivity index (χ4n) is 5.53. The Kier molecular flexibility index (Phi) is 8.90. The molecule has 1 saturated carbocycles. The van der Waals surface area contributed by atoms with Gasteiger partial charge in [-0.15, -0.1) is 6.58 Å². The van der Waals surface area contributed by atoms with Crippen molar-refractivity contribution < 1.29 is 9.53 Å². The van der Waals surface area contributed by atoms with E-state index in [9.17, 15) is 9.59 Å². The SMILES string of the molecule is C=CCC1(Sn2cc(C)c3c(C(=O)NCc4c(OC(C)C)cc(C)[nH]c4=O)cc(-c4ccc(CN(C)C)cc4)cc32)CC1. The minimum absolute atomic E-state index is 0.0540. The van der Waals surface area contributed by atoms with Crippen molar-refractivity contribution in [1.29, 1.82) is 0 Å². The summed E-state index contributed by atoms with van der Waals surface area (Å²) < 4.78 is 8.33. The number of benzene rings is 2. The van der Waals surface area contributed by atoms with Gasteiger partial charge in [-0.05, 0) is 113 Å². The molecule has 0 unspecified atom stereocenters. The number of carbonyl (C=O) groups is 1. The number of hydrogen-bond acceptors (Lipinski definition) is 5. The van der Waals surface area contributed by atoms with Gasteiger partial charge in [0.1, 0.15) is 5.75 Å². The molecule has 0 aliphatic heterocycles. The van der Waals surface area contributed by atoms with Gasteiger partial charge in [-0.25, -0.2) is 0 Å². The lowest BCUT2D eigenvalue weighted by atomic mass is 9.97. The highest BCUT2D eigenvalue weighted by Gasteiger charge is 2.43. The minimum atomic E-state index is -0.261. The molecule has 1 fully saturated rings. The third kappa shape index (κ3) is 6.92. The summed E-state index contributed by atoms with van der Waals surface area (Å²) in [6.45, 7) is 12.6. The molecule has 43 heavy (non-hydrogen) atoms. The van der Waals surface area contributed by atoms with Gasteiger partial charge in [-0.1, -0.05) is 30.3 Å². The van der Waals surface area contributed by atoms with E-state index >= 15 is 0 Å². The number of nitrogens with one attached hydrogen (secondary N) is 2. The summed E-state index contributed by atoms with van der Waals surface area (Å²) in [5.74, 6) is 0.258. The predicted octanol–water partition coefficient (Wildman–Crippen LogP) is 7.00. The number of nitrogens with zero attached hydrogens (tertiary/aromatic N) is 2. The first kappa shape index (κ1) is 30.7. The lowest BCUT2D eigenvalue weighted by molar-refractivity contribution is 0.0952. The normalized spacial score (nSPS) is 14.0. The molecule has 2 heterocycles. The maximum atomic E-state index is 14.0. The molecule has 1 aliphatic carbocycles. The number of hydrogen-bond donors (Lipinski definition) is 2. The highest BCUT2D eigenvalue weighted by Crippen LogP contribution is 2.53. The first-order valence-corrected chi connectivity index (χ1v) is 15.6. The molecule has 4 aromatic rings. The second-order valence-corrected chi connectivity index (χ2v) is 13.7. The van der Waals surface area contributed by atoms with Gasteiger partial charge in [0.05, 0.1) is 23.7 Å². The Morgan fingerprint density at radius 2 is 1.88 bits per heavy atom. The summed E-state index contributed by atoms with van der Waals surface area (Å²) in [5.41, 5.74) is 6.73. The van der Waals surface area contributed by atoms with Crippen LogP contribution in [0.25, 0.3) is 22.0 Å². The summed E-state index contributed by atoms with van der Waals surface area (Å²) in [6, 6.07) is 14.5. The quantitative estimate of drug-likeness (QED) is 0.172. The summed E-state index contributed by atoms with van der Waals surface area (Å²) in [4.78, 5) is 31.8. The number of amides is 1. The molecule has 0 saturated heterocycles. The smallest absolute Gasteiger partial charge is 0.256 e. The monoisotopic (exact) mass is 598 g/mol. The molecule has 2 N–H and O–H groups in total. The van der Waals surface area contributed by atoms with Crippen LogP contribution in [0, 0.1) is 13.8 Å². The van der Waals surface area contributed by atoms with E-state index < -0.39 is 0 Å². The molecule has 0 spiro atoms. The van der Waals surface area contributed by atoms with Gasteiger partial charge < -0.3 is 19.9 Å². The van der Waals surface area contributed by atoms with Crippen molar-refractivity contribution in [2.24, 2.45) is 0 Å². The number of rotatable bonds is 12. The molecule has 226 valence electrons. The van der Waals surface area contributed by atoms with Gasteiger partial charge >= 0.3 is 0 Å². The lowest BCUT2D eigenvalue weighted by Gasteiger charge is -2.16. The number of aromatic amines is 1. The molecular formula is C35H42N4O3S. The summed E-state index contributed by atoms with van der Waals surface area (Å²) in [5, 5.41) is 3.95. The van der Waals surface area contributed by atoms with Crippen molar-refractivity contribution in [3.8, 4) is 16.9 Å². The van der Waals surface area contributed by atoms with Crippen molar-refractivity contribution >= 4 is 28.8 Å². The van der Waals surface area contributed by atoms with Gasteiger partial charge in [0.25, 0.3) is 11.5 Å². The maximum Gasteiger partial charge on any atom is 0.256 e.